The van der Waals surface area contributed by atoms with Crippen molar-refractivity contribution >= 4 is 34.7 Å². The molecular formula is C35H46N6O5. The summed E-state index contributed by atoms with van der Waals surface area (Å²) in [6, 6.07) is 14.8. The number of anilines is 1. The van der Waals surface area contributed by atoms with Gasteiger partial charge in [0.2, 0.25) is 5.91 Å². The lowest BCUT2D eigenvalue weighted by Crippen LogP contribution is -2.39. The van der Waals surface area contributed by atoms with Crippen LogP contribution in [-0.2, 0) is 14.3 Å². The van der Waals surface area contributed by atoms with Crippen LogP contribution in [0.5, 0.6) is 0 Å². The van der Waals surface area contributed by atoms with Crippen LogP contribution in [-0.4, -0.2) is 68.9 Å². The highest BCUT2D eigenvalue weighted by molar-refractivity contribution is 5.99. The third-order valence-corrected chi connectivity index (χ3v) is 7.09. The Morgan fingerprint density at radius 2 is 1.61 bits per heavy atom. The number of hydrogen-bond donors (Lipinski definition) is 3. The van der Waals surface area contributed by atoms with Gasteiger partial charge in [0, 0.05) is 17.6 Å². The van der Waals surface area contributed by atoms with Gasteiger partial charge in [0.05, 0.1) is 35.7 Å². The molecule has 2 aromatic heterocycles. The molecule has 0 aliphatic rings. The molecule has 0 radical (unpaired) electrons. The van der Waals surface area contributed by atoms with E-state index < -0.39 is 23.4 Å². The molecule has 0 saturated carbocycles. The van der Waals surface area contributed by atoms with Gasteiger partial charge in [0.1, 0.15) is 17.0 Å². The van der Waals surface area contributed by atoms with Crippen molar-refractivity contribution in [2.45, 2.75) is 79.1 Å². The largest absolute Gasteiger partial charge is 0.444 e. The maximum atomic E-state index is 13.5. The molecule has 0 saturated heterocycles. The molecule has 0 spiro atoms. The minimum atomic E-state index is -0.702. The molecule has 4 rings (SSSR count). The number of likely N-dealkylation sites (N-methyl/N-ethyl adjacent to an activating group) is 1. The van der Waals surface area contributed by atoms with Gasteiger partial charge in [-0.25, -0.2) is 19.1 Å². The number of ether oxygens (including phenoxy) is 2. The van der Waals surface area contributed by atoms with Crippen molar-refractivity contribution in [1.29, 1.82) is 0 Å². The number of H-pyrrole nitrogens is 1. The molecule has 0 unspecified atom stereocenters. The van der Waals surface area contributed by atoms with Crippen LogP contribution in [0.2, 0.25) is 0 Å². The first kappa shape index (κ1) is 34.2. The maximum absolute atomic E-state index is 13.5. The van der Waals surface area contributed by atoms with Gasteiger partial charge >= 0.3 is 12.2 Å². The van der Waals surface area contributed by atoms with Crippen LogP contribution >= 0.6 is 0 Å². The van der Waals surface area contributed by atoms with Gasteiger partial charge in [-0.2, -0.15) is 0 Å². The van der Waals surface area contributed by atoms with Crippen LogP contribution in [0, 0.1) is 0 Å². The number of carbonyl (C=O) groups is 3. The van der Waals surface area contributed by atoms with Crippen molar-refractivity contribution in [3.05, 3.63) is 60.6 Å². The Bertz CT molecular complexity index is 1690. The average molecular weight is 631 g/mol. The number of rotatable bonds is 9. The third kappa shape index (κ3) is 8.33. The van der Waals surface area contributed by atoms with E-state index in [2.05, 4.69) is 20.6 Å². The van der Waals surface area contributed by atoms with Crippen LogP contribution in [0.1, 0.15) is 73.7 Å². The molecule has 4 aromatic rings. The molecule has 2 amide bonds. The summed E-state index contributed by atoms with van der Waals surface area (Å²) in [4.78, 5) is 48.4. The smallest absolute Gasteiger partial charge is 0.419 e. The molecule has 3 N–H and O–H groups in total. The molecule has 0 bridgehead atoms. The van der Waals surface area contributed by atoms with E-state index >= 15 is 0 Å². The Morgan fingerprint density at radius 1 is 0.957 bits per heavy atom. The minimum Gasteiger partial charge on any atom is -0.444 e. The van der Waals surface area contributed by atoms with Gasteiger partial charge < -0.3 is 24.7 Å². The number of imidazole rings is 1. The van der Waals surface area contributed by atoms with Crippen molar-refractivity contribution in [2.24, 2.45) is 0 Å². The standard InChI is InChI=1S/C35H46N6O5/c1-10-17-40(30(42)21-36-9)22(2)31-37-20-27(39-31)23-11-13-24(14-12-23)29-19-25-18-26(38-32(43)45-34(3,4)5)15-16-28(25)41(29)33(44)46-35(6,7)8/h11-16,18-20,22,36H,10,17,21H2,1-9H3,(H,37,39)(H,38,43)/t22-/m1/s1. The number of carbonyl (C=O) groups excluding carboxylic acids is 3. The van der Waals surface area contributed by atoms with Crippen LogP contribution < -0.4 is 10.6 Å². The van der Waals surface area contributed by atoms with Gasteiger partial charge in [0.25, 0.3) is 0 Å². The maximum Gasteiger partial charge on any atom is 0.419 e. The molecule has 2 aromatic carbocycles. The Balaban J connectivity index is 1.66. The fourth-order valence-corrected chi connectivity index (χ4v) is 5.12. The molecule has 0 aliphatic heterocycles. The Morgan fingerprint density at radius 3 is 2.22 bits per heavy atom. The lowest BCUT2D eigenvalue weighted by atomic mass is 10.1. The number of fused-ring (bicyclic) bond motifs is 1. The lowest BCUT2D eigenvalue weighted by Gasteiger charge is -2.27. The number of nitrogens with one attached hydrogen (secondary N) is 3. The van der Waals surface area contributed by atoms with Crippen molar-refractivity contribution in [1.82, 2.24) is 24.8 Å². The van der Waals surface area contributed by atoms with E-state index in [0.717, 1.165) is 28.6 Å². The highest BCUT2D eigenvalue weighted by Gasteiger charge is 2.25. The molecule has 46 heavy (non-hydrogen) atoms. The zero-order valence-electron chi connectivity index (χ0n) is 28.3. The van der Waals surface area contributed by atoms with Crippen molar-refractivity contribution < 1.29 is 23.9 Å². The van der Waals surface area contributed by atoms with E-state index in [9.17, 15) is 14.4 Å². The van der Waals surface area contributed by atoms with Gasteiger partial charge in [-0.3, -0.25) is 10.1 Å². The first-order valence-electron chi connectivity index (χ1n) is 15.6. The van der Waals surface area contributed by atoms with Crippen molar-refractivity contribution in [3.63, 3.8) is 0 Å². The number of aromatic amines is 1. The van der Waals surface area contributed by atoms with E-state index in [1.165, 1.54) is 0 Å². The number of aromatic nitrogens is 3. The third-order valence-electron chi connectivity index (χ3n) is 7.09. The summed E-state index contributed by atoms with van der Waals surface area (Å²) in [7, 11) is 1.76. The van der Waals surface area contributed by atoms with Gasteiger partial charge in [-0.1, -0.05) is 31.2 Å². The normalized spacial score (nSPS) is 12.5. The number of amides is 2. The topological polar surface area (TPSA) is 131 Å². The number of nitrogens with zero attached hydrogens (tertiary/aromatic N) is 3. The highest BCUT2D eigenvalue weighted by Crippen LogP contribution is 2.33. The van der Waals surface area contributed by atoms with Gasteiger partial charge in [0.15, 0.2) is 0 Å². The highest BCUT2D eigenvalue weighted by atomic mass is 16.6. The zero-order chi connectivity index (χ0) is 33.8. The molecule has 246 valence electrons. The summed E-state index contributed by atoms with van der Waals surface area (Å²) in [6.07, 6.45) is 1.54. The SMILES string of the molecule is CCCN(C(=O)CNC)[C@H](C)c1ncc(-c2ccc(-c3cc4cc(NC(=O)OC(C)(C)C)ccc4n3C(=O)OC(C)(C)C)cc2)[nH]1. The fourth-order valence-electron chi connectivity index (χ4n) is 5.12. The fraction of sp³-hybridized carbons (Fsp3) is 0.429. The summed E-state index contributed by atoms with van der Waals surface area (Å²) in [5.74, 6) is 0.727. The molecule has 0 aliphatic carbocycles. The van der Waals surface area contributed by atoms with Crippen molar-refractivity contribution in [2.75, 3.05) is 25.5 Å². The van der Waals surface area contributed by atoms with Crippen molar-refractivity contribution in [3.8, 4) is 22.5 Å². The quantitative estimate of drug-likeness (QED) is 0.176. The van der Waals surface area contributed by atoms with E-state index in [1.807, 2.05) is 69.9 Å². The summed E-state index contributed by atoms with van der Waals surface area (Å²) in [5, 5.41) is 6.45. The van der Waals surface area contributed by atoms with Crippen LogP contribution in [0.4, 0.5) is 15.3 Å². The molecule has 2 heterocycles. The zero-order valence-corrected chi connectivity index (χ0v) is 28.3. The molecular weight excluding hydrogens is 584 g/mol. The first-order valence-corrected chi connectivity index (χ1v) is 15.6. The van der Waals surface area contributed by atoms with E-state index in [0.29, 0.717) is 29.3 Å². The molecule has 11 nitrogen and oxygen atoms in total. The second kappa shape index (κ2) is 13.8. The van der Waals surface area contributed by atoms with Crippen LogP contribution in [0.3, 0.4) is 0 Å². The second-order valence-electron chi connectivity index (χ2n) is 13.3. The Labute approximate surface area is 270 Å². The summed E-state index contributed by atoms with van der Waals surface area (Å²) < 4.78 is 12.7. The molecule has 0 fully saturated rings. The summed E-state index contributed by atoms with van der Waals surface area (Å²) in [5.41, 5.74) is 3.00. The van der Waals surface area contributed by atoms with Gasteiger partial charge in [-0.15, -0.1) is 0 Å². The predicted molar refractivity (Wildman–Crippen MR) is 181 cm³/mol. The minimum absolute atomic E-state index is 0.0206. The van der Waals surface area contributed by atoms with E-state index in [4.69, 9.17) is 9.47 Å². The Hall–Kier alpha value is -4.64. The molecule has 1 atom stereocenters. The van der Waals surface area contributed by atoms with Gasteiger partial charge in [-0.05, 0) is 97.3 Å². The summed E-state index contributed by atoms with van der Waals surface area (Å²) >= 11 is 0. The summed E-state index contributed by atoms with van der Waals surface area (Å²) in [6.45, 7) is 15.8. The first-order chi connectivity index (χ1) is 21.6. The second-order valence-corrected chi connectivity index (χ2v) is 13.3. The van der Waals surface area contributed by atoms with Crippen LogP contribution in [0.25, 0.3) is 33.4 Å². The predicted octanol–water partition coefficient (Wildman–Crippen LogP) is 7.35. The van der Waals surface area contributed by atoms with Crippen LogP contribution in [0.15, 0.2) is 54.7 Å². The average Bonchev–Trinajstić information content (AvgIpc) is 3.59. The monoisotopic (exact) mass is 630 g/mol. The Kier molecular flexibility index (Phi) is 10.3. The van der Waals surface area contributed by atoms with E-state index in [1.54, 1.807) is 56.8 Å². The molecule has 11 heteroatoms. The van der Waals surface area contributed by atoms with E-state index in [-0.39, 0.29) is 18.5 Å². The lowest BCUT2D eigenvalue weighted by molar-refractivity contribution is -0.132. The number of hydrogen-bond acceptors (Lipinski definition) is 7. The number of benzene rings is 2.